The Kier molecular flexibility index (Phi) is 10.3. The lowest BCUT2D eigenvalue weighted by atomic mass is 10.0. The van der Waals surface area contributed by atoms with Crippen LogP contribution in [0.4, 0.5) is 0 Å². The minimum atomic E-state index is -0.423. The molecule has 0 radical (unpaired) electrons. The number of halogens is 1. The van der Waals surface area contributed by atoms with Crippen LogP contribution in [0.5, 0.6) is 5.75 Å². The van der Waals surface area contributed by atoms with Crippen molar-refractivity contribution in [3.05, 3.63) is 112 Å². The highest BCUT2D eigenvalue weighted by Gasteiger charge is 2.22. The number of Topliss-reactive ketones (excluding diaryl/α,β-unsaturated/α-hetero) is 1. The Bertz CT molecular complexity index is 1710. The van der Waals surface area contributed by atoms with Gasteiger partial charge in [0.05, 0.1) is 24.0 Å². The maximum Gasteiger partial charge on any atom is 0.312 e. The van der Waals surface area contributed by atoms with Crippen LogP contribution in [0.25, 0.3) is 21.7 Å². The molecule has 1 aromatic heterocycles. The third kappa shape index (κ3) is 7.35. The van der Waals surface area contributed by atoms with Crippen molar-refractivity contribution in [1.82, 2.24) is 5.32 Å². The van der Waals surface area contributed by atoms with Crippen molar-refractivity contribution in [2.75, 3.05) is 20.3 Å². The molecular weight excluding hydrogens is 606 g/mol. The van der Waals surface area contributed by atoms with Gasteiger partial charge in [0.2, 0.25) is 5.78 Å². The molecule has 0 aliphatic rings. The van der Waals surface area contributed by atoms with E-state index in [-0.39, 0.29) is 24.9 Å². The number of fused-ring (bicyclic) bond motifs is 2. The van der Waals surface area contributed by atoms with Crippen molar-refractivity contribution in [1.29, 1.82) is 0 Å². The Morgan fingerprint density at radius 2 is 1.72 bits per heavy atom. The number of hydrogen-bond donors (Lipinski definition) is 1. The lowest BCUT2D eigenvalue weighted by Crippen LogP contribution is -2.25. The lowest BCUT2D eigenvalue weighted by molar-refractivity contribution is -0.146. The summed E-state index contributed by atoms with van der Waals surface area (Å²) < 4.78 is 18.0. The lowest BCUT2D eigenvalue weighted by Gasteiger charge is -2.17. The molecule has 4 aromatic carbocycles. The van der Waals surface area contributed by atoms with Gasteiger partial charge in [-0.3, -0.25) is 9.59 Å². The largest absolute Gasteiger partial charge is 0.491 e. The molecule has 6 nitrogen and oxygen atoms in total. The normalized spacial score (nSPS) is 12.0. The van der Waals surface area contributed by atoms with Crippen LogP contribution < -0.4 is 10.1 Å². The van der Waals surface area contributed by atoms with Crippen molar-refractivity contribution in [2.24, 2.45) is 5.92 Å². The average Bonchev–Trinajstić information content (AvgIpc) is 3.41. The van der Waals surface area contributed by atoms with E-state index in [1.54, 1.807) is 0 Å². The standard InChI is InChI=1S/C36H36BrNO5/c1-3-4-12-30-29-13-8-9-14-32(29)43-35(30)31(39)22-38-21-25-15-17-28-26(20-25)16-18-33(34(28)37)42-23-27(36(40)41-2)19-24-10-6-5-7-11-24/h5-11,13-18,20,27,38H,3-4,12,19,21-23H2,1-2H3. The number of hydrogen-bond acceptors (Lipinski definition) is 6. The Hall–Kier alpha value is -3.94. The molecule has 0 aliphatic heterocycles. The number of furan rings is 1. The summed E-state index contributed by atoms with van der Waals surface area (Å²) >= 11 is 3.70. The molecule has 0 aliphatic carbocycles. The highest BCUT2D eigenvalue weighted by Crippen LogP contribution is 2.34. The third-order valence-corrected chi connectivity index (χ3v) is 8.45. The Morgan fingerprint density at radius 3 is 2.51 bits per heavy atom. The molecule has 43 heavy (non-hydrogen) atoms. The fourth-order valence-corrected chi connectivity index (χ4v) is 5.94. The molecular formula is C36H36BrNO5. The quantitative estimate of drug-likeness (QED) is 0.0976. The molecule has 0 fully saturated rings. The van der Waals surface area contributed by atoms with Crippen LogP contribution in [0.15, 0.2) is 93.8 Å². The van der Waals surface area contributed by atoms with Crippen LogP contribution in [0.1, 0.15) is 47.0 Å². The first-order valence-electron chi connectivity index (χ1n) is 14.7. The molecule has 1 atom stereocenters. The molecule has 0 spiro atoms. The van der Waals surface area contributed by atoms with Crippen molar-refractivity contribution >= 4 is 49.4 Å². The van der Waals surface area contributed by atoms with Gasteiger partial charge in [-0.1, -0.05) is 80.1 Å². The number of nitrogens with one attached hydrogen (secondary N) is 1. The number of benzene rings is 4. The van der Waals surface area contributed by atoms with E-state index in [1.807, 2.05) is 78.9 Å². The summed E-state index contributed by atoms with van der Waals surface area (Å²) in [6, 6.07) is 27.8. The minimum absolute atomic E-state index is 0.0369. The van der Waals surface area contributed by atoms with Gasteiger partial charge in [0.25, 0.3) is 0 Å². The number of methoxy groups -OCH3 is 1. The number of para-hydroxylation sites is 1. The van der Waals surface area contributed by atoms with E-state index in [0.717, 1.165) is 62.2 Å². The zero-order valence-corrected chi connectivity index (χ0v) is 26.1. The second kappa shape index (κ2) is 14.5. The number of esters is 1. The summed E-state index contributed by atoms with van der Waals surface area (Å²) in [7, 11) is 1.40. The van der Waals surface area contributed by atoms with Gasteiger partial charge >= 0.3 is 5.97 Å². The first-order chi connectivity index (χ1) is 21.0. The number of rotatable bonds is 14. The number of carbonyl (C=O) groups is 2. The van der Waals surface area contributed by atoms with Crippen LogP contribution in [-0.4, -0.2) is 32.0 Å². The first-order valence-corrected chi connectivity index (χ1v) is 15.5. The van der Waals surface area contributed by atoms with Gasteiger partial charge in [0, 0.05) is 17.5 Å². The molecule has 0 saturated heterocycles. The first kappa shape index (κ1) is 30.5. The molecule has 5 rings (SSSR count). The maximum atomic E-state index is 13.2. The predicted octanol–water partition coefficient (Wildman–Crippen LogP) is 8.07. The minimum Gasteiger partial charge on any atom is -0.491 e. The molecule has 1 N–H and O–H groups in total. The number of carbonyl (C=O) groups excluding carboxylic acids is 2. The Morgan fingerprint density at radius 1 is 0.930 bits per heavy atom. The molecule has 0 bridgehead atoms. The fraction of sp³-hybridized carbons (Fsp3) is 0.278. The van der Waals surface area contributed by atoms with E-state index in [1.165, 1.54) is 7.11 Å². The van der Waals surface area contributed by atoms with E-state index in [0.29, 0.717) is 24.5 Å². The van der Waals surface area contributed by atoms with Gasteiger partial charge in [-0.05, 0) is 75.3 Å². The highest BCUT2D eigenvalue weighted by atomic mass is 79.9. The topological polar surface area (TPSA) is 77.8 Å². The van der Waals surface area contributed by atoms with Gasteiger partial charge in [0.1, 0.15) is 17.9 Å². The van der Waals surface area contributed by atoms with Gasteiger partial charge in [-0.25, -0.2) is 0 Å². The molecule has 7 heteroatoms. The van der Waals surface area contributed by atoms with E-state index in [4.69, 9.17) is 13.9 Å². The fourth-order valence-electron chi connectivity index (χ4n) is 5.34. The molecule has 1 heterocycles. The van der Waals surface area contributed by atoms with Crippen molar-refractivity contribution < 1.29 is 23.5 Å². The predicted molar refractivity (Wildman–Crippen MR) is 174 cm³/mol. The molecule has 0 amide bonds. The van der Waals surface area contributed by atoms with E-state index in [2.05, 4.69) is 34.2 Å². The molecule has 1 unspecified atom stereocenters. The Labute approximate surface area is 260 Å². The van der Waals surface area contributed by atoms with Gasteiger partial charge in [-0.2, -0.15) is 0 Å². The van der Waals surface area contributed by atoms with Crippen LogP contribution in [0.3, 0.4) is 0 Å². The van der Waals surface area contributed by atoms with Crippen molar-refractivity contribution in [3.8, 4) is 5.75 Å². The van der Waals surface area contributed by atoms with E-state index in [9.17, 15) is 9.59 Å². The number of unbranched alkanes of at least 4 members (excludes halogenated alkanes) is 1. The SMILES string of the molecule is CCCCc1c(C(=O)CNCc2ccc3c(Br)c(OCC(Cc4ccccc4)C(=O)OC)ccc3c2)oc2ccccc12. The Balaban J connectivity index is 1.22. The van der Waals surface area contributed by atoms with Crippen LogP contribution in [0, 0.1) is 5.92 Å². The van der Waals surface area contributed by atoms with E-state index >= 15 is 0 Å². The van der Waals surface area contributed by atoms with Gasteiger partial charge < -0.3 is 19.2 Å². The number of ketones is 1. The van der Waals surface area contributed by atoms with Gasteiger partial charge in [-0.15, -0.1) is 0 Å². The summed E-state index contributed by atoms with van der Waals surface area (Å²) in [5.74, 6) is 0.374. The summed E-state index contributed by atoms with van der Waals surface area (Å²) in [5.41, 5.74) is 3.88. The summed E-state index contributed by atoms with van der Waals surface area (Å²) in [6.45, 7) is 3.09. The average molecular weight is 643 g/mol. The monoisotopic (exact) mass is 641 g/mol. The summed E-state index contributed by atoms with van der Waals surface area (Å²) in [5, 5.41) is 6.36. The van der Waals surface area contributed by atoms with E-state index < -0.39 is 5.92 Å². The van der Waals surface area contributed by atoms with Crippen LogP contribution in [0.2, 0.25) is 0 Å². The smallest absolute Gasteiger partial charge is 0.312 e. The summed E-state index contributed by atoms with van der Waals surface area (Å²) in [6.07, 6.45) is 3.43. The second-order valence-corrected chi connectivity index (χ2v) is 11.5. The van der Waals surface area contributed by atoms with Crippen LogP contribution >= 0.6 is 15.9 Å². The van der Waals surface area contributed by atoms with Crippen molar-refractivity contribution in [2.45, 2.75) is 39.2 Å². The zero-order valence-electron chi connectivity index (χ0n) is 24.5. The van der Waals surface area contributed by atoms with Gasteiger partial charge in [0.15, 0.2) is 5.76 Å². The number of aryl methyl sites for hydroxylation is 1. The zero-order chi connectivity index (χ0) is 30.2. The van der Waals surface area contributed by atoms with Crippen molar-refractivity contribution in [3.63, 3.8) is 0 Å². The second-order valence-electron chi connectivity index (χ2n) is 10.7. The van der Waals surface area contributed by atoms with Crippen LogP contribution in [-0.2, 0) is 28.9 Å². The number of ether oxygens (including phenoxy) is 2. The molecule has 5 aromatic rings. The summed E-state index contributed by atoms with van der Waals surface area (Å²) in [4.78, 5) is 25.6. The molecule has 222 valence electrons. The third-order valence-electron chi connectivity index (χ3n) is 7.63. The molecule has 0 saturated carbocycles. The maximum absolute atomic E-state index is 13.2. The highest BCUT2D eigenvalue weighted by molar-refractivity contribution is 9.10.